The summed E-state index contributed by atoms with van der Waals surface area (Å²) in [6.07, 6.45) is 1.28. The molecule has 0 spiro atoms. The number of benzene rings is 1. The van der Waals surface area contributed by atoms with Gasteiger partial charge in [0.15, 0.2) is 5.65 Å². The standard InChI is InChI=1S/C17H17FN4O3/c1-10-14(20-12-6-4-3-5-11(12)18)13-15(21(2)16(10)24)19-9-22(7-8-23)17(13)25/h3-6,9,20,23H,7-8H2,1-2H3. The Labute approximate surface area is 142 Å². The summed E-state index contributed by atoms with van der Waals surface area (Å²) in [7, 11) is 1.52. The average molecular weight is 344 g/mol. The Morgan fingerprint density at radius 1 is 1.24 bits per heavy atom. The van der Waals surface area contributed by atoms with Crippen molar-refractivity contribution in [1.82, 2.24) is 14.1 Å². The second-order valence-electron chi connectivity index (χ2n) is 5.63. The maximum Gasteiger partial charge on any atom is 0.264 e. The Morgan fingerprint density at radius 2 is 1.96 bits per heavy atom. The van der Waals surface area contributed by atoms with E-state index in [2.05, 4.69) is 10.3 Å². The van der Waals surface area contributed by atoms with E-state index in [1.165, 1.54) is 34.6 Å². The van der Waals surface area contributed by atoms with E-state index in [4.69, 9.17) is 5.11 Å². The van der Waals surface area contributed by atoms with E-state index < -0.39 is 11.4 Å². The molecule has 0 saturated heterocycles. The fraction of sp³-hybridized carbons (Fsp3) is 0.235. The van der Waals surface area contributed by atoms with Gasteiger partial charge in [-0.15, -0.1) is 0 Å². The summed E-state index contributed by atoms with van der Waals surface area (Å²) in [5, 5.41) is 12.1. The van der Waals surface area contributed by atoms with Gasteiger partial charge < -0.3 is 10.4 Å². The number of hydrogen-bond acceptors (Lipinski definition) is 5. The van der Waals surface area contributed by atoms with Crippen LogP contribution >= 0.6 is 0 Å². The number of anilines is 2. The third-order valence-corrected chi connectivity index (χ3v) is 4.06. The average Bonchev–Trinajstić information content (AvgIpc) is 2.60. The summed E-state index contributed by atoms with van der Waals surface area (Å²) >= 11 is 0. The summed E-state index contributed by atoms with van der Waals surface area (Å²) in [6.45, 7) is 1.41. The molecule has 7 nitrogen and oxygen atoms in total. The lowest BCUT2D eigenvalue weighted by atomic mass is 10.1. The van der Waals surface area contributed by atoms with Crippen LogP contribution in [0.2, 0.25) is 0 Å². The number of para-hydroxylation sites is 1. The molecule has 0 amide bonds. The first-order chi connectivity index (χ1) is 12.0. The van der Waals surface area contributed by atoms with E-state index in [0.29, 0.717) is 0 Å². The number of hydrogen-bond donors (Lipinski definition) is 2. The van der Waals surface area contributed by atoms with Crippen molar-refractivity contribution in [2.75, 3.05) is 11.9 Å². The molecule has 2 aromatic heterocycles. The van der Waals surface area contributed by atoms with Gasteiger partial charge in [-0.25, -0.2) is 9.37 Å². The molecule has 0 unspecified atom stereocenters. The Hall–Kier alpha value is -3.00. The number of nitrogens with zero attached hydrogens (tertiary/aromatic N) is 3. The van der Waals surface area contributed by atoms with Crippen LogP contribution in [0.1, 0.15) is 5.56 Å². The molecular formula is C17H17FN4O3. The van der Waals surface area contributed by atoms with Crippen LogP contribution in [-0.4, -0.2) is 25.8 Å². The highest BCUT2D eigenvalue weighted by atomic mass is 19.1. The van der Waals surface area contributed by atoms with Crippen molar-refractivity contribution in [3.05, 3.63) is 62.7 Å². The fourth-order valence-electron chi connectivity index (χ4n) is 2.72. The topological polar surface area (TPSA) is 89.2 Å². The molecular weight excluding hydrogens is 327 g/mol. The monoisotopic (exact) mass is 344 g/mol. The first-order valence-electron chi connectivity index (χ1n) is 7.67. The number of aryl methyl sites for hydroxylation is 1. The maximum absolute atomic E-state index is 14.0. The van der Waals surface area contributed by atoms with E-state index in [1.807, 2.05) is 0 Å². The number of aliphatic hydroxyl groups excluding tert-OH is 1. The summed E-state index contributed by atoms with van der Waals surface area (Å²) in [5.74, 6) is -0.504. The minimum absolute atomic E-state index is 0.0722. The predicted molar refractivity (Wildman–Crippen MR) is 92.7 cm³/mol. The maximum atomic E-state index is 14.0. The van der Waals surface area contributed by atoms with E-state index in [0.717, 1.165) is 0 Å². The van der Waals surface area contributed by atoms with Gasteiger partial charge in [-0.05, 0) is 19.1 Å². The lowest BCUT2D eigenvalue weighted by molar-refractivity contribution is 0.274. The number of fused-ring (bicyclic) bond motifs is 1. The highest BCUT2D eigenvalue weighted by Gasteiger charge is 2.18. The molecule has 25 heavy (non-hydrogen) atoms. The molecule has 1 aromatic carbocycles. The van der Waals surface area contributed by atoms with Crippen molar-refractivity contribution in [2.45, 2.75) is 13.5 Å². The van der Waals surface area contributed by atoms with Gasteiger partial charge in [0, 0.05) is 12.6 Å². The van der Waals surface area contributed by atoms with Gasteiger partial charge >= 0.3 is 0 Å². The predicted octanol–water partition coefficient (Wildman–Crippen LogP) is 1.28. The summed E-state index contributed by atoms with van der Waals surface area (Å²) in [4.78, 5) is 29.4. The Morgan fingerprint density at radius 3 is 2.64 bits per heavy atom. The van der Waals surface area contributed by atoms with Crippen molar-refractivity contribution < 1.29 is 9.50 Å². The molecule has 0 saturated carbocycles. The van der Waals surface area contributed by atoms with Gasteiger partial charge in [0.25, 0.3) is 11.1 Å². The largest absolute Gasteiger partial charge is 0.395 e. The second kappa shape index (κ2) is 6.48. The van der Waals surface area contributed by atoms with E-state index >= 15 is 0 Å². The summed E-state index contributed by atoms with van der Waals surface area (Å²) in [5.41, 5.74) is 0.0763. The fourth-order valence-corrected chi connectivity index (χ4v) is 2.72. The van der Waals surface area contributed by atoms with Gasteiger partial charge in [-0.1, -0.05) is 12.1 Å². The van der Waals surface area contributed by atoms with Crippen molar-refractivity contribution in [1.29, 1.82) is 0 Å². The van der Waals surface area contributed by atoms with Crippen LogP contribution in [0.15, 0.2) is 40.2 Å². The number of aliphatic hydroxyl groups is 1. The van der Waals surface area contributed by atoms with Gasteiger partial charge in [0.2, 0.25) is 0 Å². The highest BCUT2D eigenvalue weighted by Crippen LogP contribution is 2.25. The number of rotatable bonds is 4. The molecule has 0 aliphatic carbocycles. The van der Waals surface area contributed by atoms with E-state index in [9.17, 15) is 14.0 Å². The molecule has 0 aliphatic heterocycles. The van der Waals surface area contributed by atoms with Gasteiger partial charge in [0.05, 0.1) is 30.9 Å². The minimum atomic E-state index is -0.504. The third kappa shape index (κ3) is 2.80. The molecule has 0 radical (unpaired) electrons. The molecule has 0 aliphatic rings. The molecule has 2 heterocycles. The van der Waals surface area contributed by atoms with E-state index in [-0.39, 0.29) is 46.7 Å². The molecule has 2 N–H and O–H groups in total. The van der Waals surface area contributed by atoms with Crippen LogP contribution in [0, 0.1) is 12.7 Å². The van der Waals surface area contributed by atoms with Crippen LogP contribution < -0.4 is 16.4 Å². The smallest absolute Gasteiger partial charge is 0.264 e. The number of pyridine rings is 1. The number of aromatic nitrogens is 3. The number of nitrogens with one attached hydrogen (secondary N) is 1. The van der Waals surface area contributed by atoms with Gasteiger partial charge in [-0.3, -0.25) is 18.7 Å². The van der Waals surface area contributed by atoms with E-state index in [1.54, 1.807) is 19.1 Å². The third-order valence-electron chi connectivity index (χ3n) is 4.06. The first kappa shape index (κ1) is 16.8. The van der Waals surface area contributed by atoms with Crippen LogP contribution in [0.4, 0.5) is 15.8 Å². The van der Waals surface area contributed by atoms with Crippen molar-refractivity contribution in [2.24, 2.45) is 7.05 Å². The molecule has 0 atom stereocenters. The lowest BCUT2D eigenvalue weighted by Crippen LogP contribution is -2.29. The zero-order valence-electron chi connectivity index (χ0n) is 13.8. The quantitative estimate of drug-likeness (QED) is 0.744. The zero-order chi connectivity index (χ0) is 18.1. The van der Waals surface area contributed by atoms with Crippen LogP contribution in [0.25, 0.3) is 11.0 Å². The second-order valence-corrected chi connectivity index (χ2v) is 5.63. The summed E-state index contributed by atoms with van der Waals surface area (Å²) < 4.78 is 16.5. The minimum Gasteiger partial charge on any atom is -0.395 e. The van der Waals surface area contributed by atoms with Crippen LogP contribution in [-0.2, 0) is 13.6 Å². The van der Waals surface area contributed by atoms with Gasteiger partial charge in [0.1, 0.15) is 11.2 Å². The molecule has 0 fully saturated rings. The Balaban J connectivity index is 2.36. The molecule has 0 bridgehead atoms. The van der Waals surface area contributed by atoms with Crippen molar-refractivity contribution in [3.63, 3.8) is 0 Å². The zero-order valence-corrected chi connectivity index (χ0v) is 13.8. The Kier molecular flexibility index (Phi) is 4.37. The van der Waals surface area contributed by atoms with Crippen molar-refractivity contribution in [3.8, 4) is 0 Å². The van der Waals surface area contributed by atoms with Crippen LogP contribution in [0.5, 0.6) is 0 Å². The molecule has 130 valence electrons. The normalized spacial score (nSPS) is 11.0. The number of halogens is 1. The SMILES string of the molecule is Cc1c(Nc2ccccc2F)c2c(=O)n(CCO)cnc2n(C)c1=O. The molecule has 3 rings (SSSR count). The highest BCUT2D eigenvalue weighted by molar-refractivity contribution is 5.92. The Bertz CT molecular complexity index is 1070. The lowest BCUT2D eigenvalue weighted by Gasteiger charge is -2.16. The van der Waals surface area contributed by atoms with Crippen LogP contribution in [0.3, 0.4) is 0 Å². The summed E-state index contributed by atoms with van der Waals surface area (Å²) in [6, 6.07) is 5.99. The molecule has 8 heteroatoms. The van der Waals surface area contributed by atoms with Crippen molar-refractivity contribution >= 4 is 22.4 Å². The first-order valence-corrected chi connectivity index (χ1v) is 7.67. The molecule has 3 aromatic rings. The van der Waals surface area contributed by atoms with Gasteiger partial charge in [-0.2, -0.15) is 0 Å².